The molecule has 0 unspecified atom stereocenters. The van der Waals surface area contributed by atoms with E-state index in [2.05, 4.69) is 41.8 Å². The van der Waals surface area contributed by atoms with Crippen molar-refractivity contribution in [2.45, 2.75) is 38.0 Å². The Balaban J connectivity index is 0.906. The number of phenolic OH excluding ortho intramolecular Hbond substituents is 1. The van der Waals surface area contributed by atoms with Crippen LogP contribution in [0.5, 0.6) is 5.75 Å². The number of aliphatic hydroxyl groups excluding tert-OH is 1. The highest BCUT2D eigenvalue weighted by Crippen LogP contribution is 2.30. The van der Waals surface area contributed by atoms with Gasteiger partial charge in [-0.3, -0.25) is 14.9 Å². The summed E-state index contributed by atoms with van der Waals surface area (Å²) in [6, 6.07) is 29.2. The van der Waals surface area contributed by atoms with Crippen molar-refractivity contribution in [2.75, 3.05) is 36.8 Å². The van der Waals surface area contributed by atoms with Crippen molar-refractivity contribution < 1.29 is 24.5 Å². The van der Waals surface area contributed by atoms with Gasteiger partial charge in [-0.05, 0) is 75.8 Å². The van der Waals surface area contributed by atoms with Gasteiger partial charge in [0.05, 0.1) is 23.0 Å². The number of carbonyl (C=O) groups is 2. The van der Waals surface area contributed by atoms with Crippen LogP contribution in [-0.2, 0) is 16.1 Å². The number of aromatic nitrogens is 1. The Morgan fingerprint density at radius 1 is 0.922 bits per heavy atom. The van der Waals surface area contributed by atoms with Gasteiger partial charge in [0.1, 0.15) is 11.9 Å². The number of aromatic hydroxyl groups is 1. The van der Waals surface area contributed by atoms with Crippen molar-refractivity contribution >= 4 is 50.2 Å². The molecule has 1 aliphatic rings. The molecule has 1 saturated heterocycles. The van der Waals surface area contributed by atoms with E-state index in [4.69, 9.17) is 4.74 Å². The molecule has 1 atom stereocenters. The van der Waals surface area contributed by atoms with Gasteiger partial charge in [-0.25, -0.2) is 4.79 Å². The maximum atomic E-state index is 12.8. The van der Waals surface area contributed by atoms with Gasteiger partial charge in [0.2, 0.25) is 11.5 Å². The number of aliphatic hydroxyl groups is 1. The minimum absolute atomic E-state index is 0.0564. The largest absolute Gasteiger partial charge is 0.506 e. The number of phenols is 1. The molecule has 2 heterocycles. The van der Waals surface area contributed by atoms with Gasteiger partial charge in [-0.15, -0.1) is 0 Å². The first-order valence-corrected chi connectivity index (χ1v) is 17.7. The van der Waals surface area contributed by atoms with E-state index in [0.29, 0.717) is 60.2 Å². The van der Waals surface area contributed by atoms with E-state index >= 15 is 0 Å². The van der Waals surface area contributed by atoms with Crippen LogP contribution in [0.15, 0.2) is 106 Å². The average Bonchev–Trinajstić information content (AvgIpc) is 3.13. The molecule has 6 N–H and O–H groups in total. The zero-order chi connectivity index (χ0) is 35.7. The van der Waals surface area contributed by atoms with Crippen molar-refractivity contribution in [2.24, 2.45) is 0 Å². The average molecular weight is 755 g/mol. The molecule has 0 saturated carbocycles. The molecule has 264 valence electrons. The molecular weight excluding hydrogens is 714 g/mol. The number of amides is 2. The molecule has 0 spiro atoms. The Kier molecular flexibility index (Phi) is 11.8. The van der Waals surface area contributed by atoms with E-state index in [1.54, 1.807) is 12.1 Å². The van der Waals surface area contributed by atoms with Crippen LogP contribution in [0.25, 0.3) is 22.0 Å². The second-order valence-electron chi connectivity index (χ2n) is 12.5. The number of anilines is 2. The summed E-state index contributed by atoms with van der Waals surface area (Å²) in [6.07, 6.45) is 0.191. The molecule has 0 aliphatic carbocycles. The Labute approximate surface area is 303 Å². The van der Waals surface area contributed by atoms with Gasteiger partial charge in [-0.2, -0.15) is 0 Å². The predicted molar refractivity (Wildman–Crippen MR) is 202 cm³/mol. The van der Waals surface area contributed by atoms with Crippen molar-refractivity contribution in [3.63, 3.8) is 0 Å². The number of piperidine rings is 1. The maximum Gasteiger partial charge on any atom is 0.411 e. The van der Waals surface area contributed by atoms with Crippen molar-refractivity contribution in [1.82, 2.24) is 15.2 Å². The first-order valence-electron chi connectivity index (χ1n) is 16.9. The highest BCUT2D eigenvalue weighted by atomic mass is 79.9. The highest BCUT2D eigenvalue weighted by Gasteiger charge is 2.23. The number of carbonyl (C=O) groups excluding carboxylic acids is 2. The number of aromatic amines is 1. The normalized spacial score (nSPS) is 14.2. The molecule has 1 aromatic heterocycles. The lowest BCUT2D eigenvalue weighted by molar-refractivity contribution is -0.116. The SMILES string of the molecule is O=C(CCN1CCC(OC(=O)Nc2ccccc2-c2ccccc2)CC1)Nc1ccc(CNC[C@@H](O)c2ccc(O)c3[nH]c(=O)ccc23)cc1Br. The van der Waals surface area contributed by atoms with E-state index < -0.39 is 12.2 Å². The summed E-state index contributed by atoms with van der Waals surface area (Å²) in [7, 11) is 0. The van der Waals surface area contributed by atoms with Gasteiger partial charge < -0.3 is 35.5 Å². The molecular formula is C39H40BrN5O6. The van der Waals surface area contributed by atoms with Crippen LogP contribution in [0.4, 0.5) is 16.2 Å². The summed E-state index contributed by atoms with van der Waals surface area (Å²) >= 11 is 3.56. The third-order valence-corrected chi connectivity index (χ3v) is 9.61. The lowest BCUT2D eigenvalue weighted by Gasteiger charge is -2.31. The van der Waals surface area contributed by atoms with Crippen LogP contribution < -0.4 is 21.5 Å². The molecule has 0 bridgehead atoms. The standard InChI is InChI=1S/C39H40BrN5O6/c40-31-22-25(23-41-24-35(47)29-11-14-34(46)38-30(29)12-15-36(48)44-38)10-13-33(31)42-37(49)18-21-45-19-16-27(17-20-45)51-39(50)43-32-9-5-4-8-28(32)26-6-2-1-3-7-26/h1-15,22,27,35,41,46-47H,16-21,23-24H2,(H,42,49)(H,43,50)(H,44,48)/t35-/m1/s1. The first-order chi connectivity index (χ1) is 24.7. The number of hydrogen-bond acceptors (Lipinski definition) is 8. The molecule has 2 amide bonds. The number of H-pyrrole nitrogens is 1. The van der Waals surface area contributed by atoms with Crippen molar-refractivity contribution in [1.29, 1.82) is 0 Å². The summed E-state index contributed by atoms with van der Waals surface area (Å²) in [6.45, 7) is 2.78. The fourth-order valence-electron chi connectivity index (χ4n) is 6.26. The van der Waals surface area contributed by atoms with E-state index in [1.807, 2.05) is 72.8 Å². The molecule has 4 aromatic carbocycles. The molecule has 1 aliphatic heterocycles. The fourth-order valence-corrected chi connectivity index (χ4v) is 6.78. The number of hydrogen-bond donors (Lipinski definition) is 6. The molecule has 51 heavy (non-hydrogen) atoms. The quantitative estimate of drug-likeness (QED) is 0.0841. The van der Waals surface area contributed by atoms with Crippen LogP contribution in [0.3, 0.4) is 0 Å². The fraction of sp³-hybridized carbons (Fsp3) is 0.256. The Morgan fingerprint density at radius 2 is 1.69 bits per heavy atom. The Morgan fingerprint density at radius 3 is 2.47 bits per heavy atom. The lowest BCUT2D eigenvalue weighted by atomic mass is 10.0. The monoisotopic (exact) mass is 753 g/mol. The number of fused-ring (bicyclic) bond motifs is 1. The lowest BCUT2D eigenvalue weighted by Crippen LogP contribution is -2.39. The van der Waals surface area contributed by atoms with Gasteiger partial charge in [0.15, 0.2) is 0 Å². The molecule has 12 heteroatoms. The van der Waals surface area contributed by atoms with Gasteiger partial charge in [0.25, 0.3) is 0 Å². The predicted octanol–water partition coefficient (Wildman–Crippen LogP) is 6.53. The summed E-state index contributed by atoms with van der Waals surface area (Å²) < 4.78 is 6.49. The Bertz CT molecular complexity index is 2050. The molecule has 1 fully saturated rings. The first kappa shape index (κ1) is 35.8. The molecule has 0 radical (unpaired) electrons. The third-order valence-electron chi connectivity index (χ3n) is 8.95. The van der Waals surface area contributed by atoms with Crippen LogP contribution in [0.2, 0.25) is 0 Å². The number of halogens is 1. The number of para-hydroxylation sites is 1. The minimum Gasteiger partial charge on any atom is -0.506 e. The number of ether oxygens (including phenoxy) is 1. The number of likely N-dealkylation sites (tertiary alicyclic amines) is 1. The summed E-state index contributed by atoms with van der Waals surface area (Å²) in [5.74, 6) is -0.152. The van der Waals surface area contributed by atoms with Crippen LogP contribution in [0, 0.1) is 0 Å². The second kappa shape index (κ2) is 16.8. The molecule has 11 nitrogen and oxygen atoms in total. The summed E-state index contributed by atoms with van der Waals surface area (Å²) in [5, 5.41) is 30.6. The summed E-state index contributed by atoms with van der Waals surface area (Å²) in [4.78, 5) is 42.1. The van der Waals surface area contributed by atoms with Crippen molar-refractivity contribution in [3.8, 4) is 16.9 Å². The number of pyridine rings is 1. The van der Waals surface area contributed by atoms with Crippen LogP contribution in [-0.4, -0.2) is 64.4 Å². The third kappa shape index (κ3) is 9.41. The summed E-state index contributed by atoms with van der Waals surface area (Å²) in [5.41, 5.74) is 4.81. The van der Waals surface area contributed by atoms with E-state index in [1.165, 1.54) is 12.1 Å². The van der Waals surface area contributed by atoms with E-state index in [9.17, 15) is 24.6 Å². The number of benzene rings is 4. The van der Waals surface area contributed by atoms with Crippen molar-refractivity contribution in [3.05, 3.63) is 123 Å². The topological polar surface area (TPSA) is 156 Å². The van der Waals surface area contributed by atoms with E-state index in [0.717, 1.165) is 34.3 Å². The highest BCUT2D eigenvalue weighted by molar-refractivity contribution is 9.10. The van der Waals surface area contributed by atoms with Gasteiger partial charge >= 0.3 is 6.09 Å². The number of rotatable bonds is 12. The number of nitrogens with zero attached hydrogens (tertiary/aromatic N) is 1. The Hall–Kier alpha value is -5.01. The minimum atomic E-state index is -0.868. The molecule has 5 aromatic rings. The van der Waals surface area contributed by atoms with Gasteiger partial charge in [0, 0.05) is 60.6 Å². The maximum absolute atomic E-state index is 12.8. The zero-order valence-electron chi connectivity index (χ0n) is 27.9. The van der Waals surface area contributed by atoms with Crippen LogP contribution >= 0.6 is 15.9 Å². The van der Waals surface area contributed by atoms with E-state index in [-0.39, 0.29) is 29.9 Å². The zero-order valence-corrected chi connectivity index (χ0v) is 29.5. The molecule has 6 rings (SSSR count). The smallest absolute Gasteiger partial charge is 0.411 e. The van der Waals surface area contributed by atoms with Gasteiger partial charge in [-0.1, -0.05) is 60.7 Å². The van der Waals surface area contributed by atoms with Crippen LogP contribution in [0.1, 0.15) is 36.5 Å². The number of nitrogens with one attached hydrogen (secondary N) is 4. The second-order valence-corrected chi connectivity index (χ2v) is 13.4.